The molecular formula is C19H13ClFN3O2. The average molecular weight is 370 g/mol. The van der Waals surface area contributed by atoms with Gasteiger partial charge in [0.15, 0.2) is 0 Å². The number of halogens is 2. The monoisotopic (exact) mass is 369 g/mol. The standard InChI is InChI=1S/C19H13ClFN3O2/c20-13-7-12-4-2-6-22-18(12)16(9-13)23-19(25)17-10-15(24-26-17)11-3-1-5-14(21)8-11/h1-9,17H,10H2,(H,23,25)/t17-/m0/s1. The first kappa shape index (κ1) is 16.5. The predicted molar refractivity (Wildman–Crippen MR) is 97.8 cm³/mol. The number of rotatable bonds is 3. The molecule has 5 nitrogen and oxygen atoms in total. The molecule has 0 unspecified atom stereocenters. The molecule has 130 valence electrons. The third kappa shape index (κ3) is 3.23. The summed E-state index contributed by atoms with van der Waals surface area (Å²) in [6, 6.07) is 13.1. The summed E-state index contributed by atoms with van der Waals surface area (Å²) in [6.07, 6.45) is 1.09. The third-order valence-electron chi connectivity index (χ3n) is 4.05. The normalized spacial score (nSPS) is 16.2. The van der Waals surface area contributed by atoms with Gasteiger partial charge >= 0.3 is 0 Å². The summed E-state index contributed by atoms with van der Waals surface area (Å²) in [5.41, 5.74) is 2.25. The molecule has 0 bridgehead atoms. The van der Waals surface area contributed by atoms with Gasteiger partial charge in [-0.2, -0.15) is 0 Å². The first-order valence-electron chi connectivity index (χ1n) is 7.94. The molecule has 1 aliphatic heterocycles. The fraction of sp³-hybridized carbons (Fsp3) is 0.105. The first-order valence-corrected chi connectivity index (χ1v) is 8.32. The molecule has 1 amide bonds. The number of carbonyl (C=O) groups excluding carboxylic acids is 1. The van der Waals surface area contributed by atoms with Gasteiger partial charge in [-0.25, -0.2) is 4.39 Å². The van der Waals surface area contributed by atoms with E-state index in [1.54, 1.807) is 36.5 Å². The quantitative estimate of drug-likeness (QED) is 0.754. The van der Waals surface area contributed by atoms with Crippen molar-refractivity contribution in [1.29, 1.82) is 0 Å². The van der Waals surface area contributed by atoms with Gasteiger partial charge in [-0.3, -0.25) is 9.78 Å². The van der Waals surface area contributed by atoms with Crippen LogP contribution in [0.3, 0.4) is 0 Å². The molecule has 0 radical (unpaired) electrons. The number of hydrogen-bond donors (Lipinski definition) is 1. The zero-order valence-corrected chi connectivity index (χ0v) is 14.2. The molecule has 2 heterocycles. The predicted octanol–water partition coefficient (Wildman–Crippen LogP) is 4.16. The van der Waals surface area contributed by atoms with Crippen LogP contribution < -0.4 is 5.32 Å². The van der Waals surface area contributed by atoms with E-state index in [2.05, 4.69) is 15.5 Å². The van der Waals surface area contributed by atoms with E-state index in [0.717, 1.165) is 5.39 Å². The fourth-order valence-corrected chi connectivity index (χ4v) is 3.05. The molecule has 3 aromatic rings. The summed E-state index contributed by atoms with van der Waals surface area (Å²) >= 11 is 6.12. The Morgan fingerprint density at radius 2 is 2.12 bits per heavy atom. The van der Waals surface area contributed by atoms with Crippen LogP contribution in [0.2, 0.25) is 5.02 Å². The van der Waals surface area contributed by atoms with Gasteiger partial charge in [-0.1, -0.05) is 35.0 Å². The highest BCUT2D eigenvalue weighted by Crippen LogP contribution is 2.27. The van der Waals surface area contributed by atoms with Crippen LogP contribution in [-0.4, -0.2) is 22.7 Å². The number of nitrogens with zero attached hydrogens (tertiary/aromatic N) is 2. The van der Waals surface area contributed by atoms with E-state index in [4.69, 9.17) is 16.4 Å². The highest BCUT2D eigenvalue weighted by Gasteiger charge is 2.29. The summed E-state index contributed by atoms with van der Waals surface area (Å²) in [5.74, 6) is -0.732. The molecule has 4 rings (SSSR count). The number of pyridine rings is 1. The van der Waals surface area contributed by atoms with Gasteiger partial charge in [0.25, 0.3) is 5.91 Å². The number of carbonyl (C=O) groups is 1. The van der Waals surface area contributed by atoms with E-state index in [1.807, 2.05) is 6.07 Å². The second-order valence-corrected chi connectivity index (χ2v) is 6.30. The van der Waals surface area contributed by atoms with E-state index in [-0.39, 0.29) is 18.1 Å². The highest BCUT2D eigenvalue weighted by molar-refractivity contribution is 6.32. The average Bonchev–Trinajstić information content (AvgIpc) is 3.12. The van der Waals surface area contributed by atoms with E-state index >= 15 is 0 Å². The molecule has 7 heteroatoms. The lowest BCUT2D eigenvalue weighted by Crippen LogP contribution is -2.28. The molecule has 1 aromatic heterocycles. The molecule has 1 N–H and O–H groups in total. The molecule has 2 aromatic carbocycles. The first-order chi connectivity index (χ1) is 12.6. The number of hydrogen-bond acceptors (Lipinski definition) is 4. The lowest BCUT2D eigenvalue weighted by atomic mass is 10.0. The summed E-state index contributed by atoms with van der Waals surface area (Å²) < 4.78 is 13.4. The van der Waals surface area contributed by atoms with Crippen LogP contribution in [-0.2, 0) is 9.63 Å². The third-order valence-corrected chi connectivity index (χ3v) is 4.26. The number of fused-ring (bicyclic) bond motifs is 1. The minimum absolute atomic E-state index is 0.251. The van der Waals surface area contributed by atoms with Crippen molar-refractivity contribution >= 4 is 39.8 Å². The Balaban J connectivity index is 1.52. The Hall–Kier alpha value is -2.99. The molecule has 0 saturated carbocycles. The minimum atomic E-state index is -0.800. The summed E-state index contributed by atoms with van der Waals surface area (Å²) in [7, 11) is 0. The van der Waals surface area contributed by atoms with Crippen molar-refractivity contribution in [2.24, 2.45) is 5.16 Å². The Labute approximate surface area is 153 Å². The lowest BCUT2D eigenvalue weighted by Gasteiger charge is -2.11. The summed E-state index contributed by atoms with van der Waals surface area (Å²) in [4.78, 5) is 22.1. The van der Waals surface area contributed by atoms with Crippen molar-refractivity contribution < 1.29 is 14.0 Å². The van der Waals surface area contributed by atoms with Crippen LogP contribution in [0.25, 0.3) is 10.9 Å². The topological polar surface area (TPSA) is 63.6 Å². The van der Waals surface area contributed by atoms with Gasteiger partial charge in [0.05, 0.1) is 16.9 Å². The van der Waals surface area contributed by atoms with Crippen LogP contribution in [0, 0.1) is 5.82 Å². The van der Waals surface area contributed by atoms with Gasteiger partial charge < -0.3 is 10.2 Å². The van der Waals surface area contributed by atoms with Crippen molar-refractivity contribution in [3.05, 3.63) is 71.1 Å². The maximum atomic E-state index is 13.4. The number of aromatic nitrogens is 1. The second-order valence-electron chi connectivity index (χ2n) is 5.86. The number of benzene rings is 2. The van der Waals surface area contributed by atoms with E-state index in [9.17, 15) is 9.18 Å². The number of anilines is 1. The number of amides is 1. The van der Waals surface area contributed by atoms with Gasteiger partial charge in [0.1, 0.15) is 5.82 Å². The van der Waals surface area contributed by atoms with Gasteiger partial charge in [0.2, 0.25) is 6.10 Å². The van der Waals surface area contributed by atoms with E-state index < -0.39 is 6.10 Å². The van der Waals surface area contributed by atoms with Crippen LogP contribution in [0.5, 0.6) is 0 Å². The summed E-state index contributed by atoms with van der Waals surface area (Å²) in [6.45, 7) is 0. The Morgan fingerprint density at radius 1 is 1.23 bits per heavy atom. The smallest absolute Gasteiger partial charge is 0.268 e. The SMILES string of the molecule is O=C(Nc1cc(Cl)cc2cccnc12)[C@@H]1CC(c2cccc(F)c2)=NO1. The Kier molecular flexibility index (Phi) is 4.26. The van der Waals surface area contributed by atoms with Crippen molar-refractivity contribution in [2.45, 2.75) is 12.5 Å². The van der Waals surface area contributed by atoms with Gasteiger partial charge in [-0.15, -0.1) is 0 Å². The lowest BCUT2D eigenvalue weighted by molar-refractivity contribution is -0.125. The number of nitrogens with one attached hydrogen (secondary N) is 1. The van der Waals surface area contributed by atoms with Gasteiger partial charge in [-0.05, 0) is 30.3 Å². The van der Waals surface area contributed by atoms with Crippen molar-refractivity contribution in [2.75, 3.05) is 5.32 Å². The van der Waals surface area contributed by atoms with Crippen molar-refractivity contribution in [3.63, 3.8) is 0 Å². The van der Waals surface area contributed by atoms with Gasteiger partial charge in [0, 0.05) is 28.6 Å². The molecular weight excluding hydrogens is 357 g/mol. The molecule has 0 spiro atoms. The molecule has 1 aliphatic rings. The van der Waals surface area contributed by atoms with Crippen LogP contribution in [0.15, 0.2) is 59.9 Å². The van der Waals surface area contributed by atoms with Crippen molar-refractivity contribution in [3.8, 4) is 0 Å². The zero-order chi connectivity index (χ0) is 18.1. The highest BCUT2D eigenvalue weighted by atomic mass is 35.5. The molecule has 0 fully saturated rings. The van der Waals surface area contributed by atoms with Crippen molar-refractivity contribution in [1.82, 2.24) is 4.98 Å². The Morgan fingerprint density at radius 3 is 2.96 bits per heavy atom. The Bertz CT molecular complexity index is 1040. The maximum absolute atomic E-state index is 13.4. The minimum Gasteiger partial charge on any atom is -0.382 e. The van der Waals surface area contributed by atoms with Crippen LogP contribution in [0.4, 0.5) is 10.1 Å². The van der Waals surface area contributed by atoms with E-state index in [0.29, 0.717) is 27.5 Å². The molecule has 0 saturated heterocycles. The number of oxime groups is 1. The molecule has 0 aliphatic carbocycles. The maximum Gasteiger partial charge on any atom is 0.268 e. The fourth-order valence-electron chi connectivity index (χ4n) is 2.82. The van der Waals surface area contributed by atoms with Crippen LogP contribution in [0.1, 0.15) is 12.0 Å². The summed E-state index contributed by atoms with van der Waals surface area (Å²) in [5, 5.41) is 8.02. The zero-order valence-electron chi connectivity index (χ0n) is 13.4. The van der Waals surface area contributed by atoms with Crippen LogP contribution >= 0.6 is 11.6 Å². The largest absolute Gasteiger partial charge is 0.382 e. The van der Waals surface area contributed by atoms with E-state index in [1.165, 1.54) is 12.1 Å². The molecule has 26 heavy (non-hydrogen) atoms. The second kappa shape index (κ2) is 6.72. The molecule has 1 atom stereocenters.